The zero-order valence-electron chi connectivity index (χ0n) is 26.4. The van der Waals surface area contributed by atoms with Crippen LogP contribution in [0.4, 0.5) is 4.39 Å². The van der Waals surface area contributed by atoms with Gasteiger partial charge in [0.25, 0.3) is 0 Å². The molecular formula is C35H41FO9. The molecule has 4 aliphatic carbocycles. The average molecular weight is 625 g/mol. The highest BCUT2D eigenvalue weighted by molar-refractivity contribution is 6.01. The molecule has 0 aromatic heterocycles. The molecule has 0 radical (unpaired) electrons. The predicted octanol–water partition coefficient (Wildman–Crippen LogP) is 4.66. The van der Waals surface area contributed by atoms with Crippen molar-refractivity contribution >= 4 is 23.5 Å². The van der Waals surface area contributed by atoms with Crippen molar-refractivity contribution in [3.63, 3.8) is 0 Å². The van der Waals surface area contributed by atoms with Crippen molar-refractivity contribution in [2.45, 2.75) is 102 Å². The van der Waals surface area contributed by atoms with Crippen molar-refractivity contribution in [2.75, 3.05) is 6.61 Å². The zero-order valence-corrected chi connectivity index (χ0v) is 26.4. The molecule has 0 amide bonds. The highest BCUT2D eigenvalue weighted by Crippen LogP contribution is 2.72. The Morgan fingerprint density at radius 1 is 1.09 bits per heavy atom. The molecule has 1 aromatic carbocycles. The van der Waals surface area contributed by atoms with E-state index in [0.29, 0.717) is 30.6 Å². The maximum absolute atomic E-state index is 17.6. The van der Waals surface area contributed by atoms with Crippen LogP contribution in [0.3, 0.4) is 0 Å². The minimum atomic E-state index is -2.07. The topological polar surface area (TPSA) is 125 Å². The average Bonchev–Trinajstić information content (AvgIpc) is 3.37. The summed E-state index contributed by atoms with van der Waals surface area (Å²) >= 11 is 0. The molecule has 10 heteroatoms. The smallest absolute Gasteiger partial charge is 0.311 e. The van der Waals surface area contributed by atoms with Crippen LogP contribution >= 0.6 is 0 Å². The van der Waals surface area contributed by atoms with E-state index in [1.54, 1.807) is 45.0 Å². The van der Waals surface area contributed by atoms with E-state index in [-0.39, 0.29) is 25.0 Å². The first-order chi connectivity index (χ1) is 21.1. The lowest BCUT2D eigenvalue weighted by Gasteiger charge is -2.62. The number of aliphatic hydroxyl groups excluding tert-OH is 1. The summed E-state index contributed by atoms with van der Waals surface area (Å²) in [5, 5.41) is 11.7. The Balaban J connectivity index is 1.20. The van der Waals surface area contributed by atoms with Crippen LogP contribution in [0.5, 0.6) is 5.75 Å². The lowest BCUT2D eigenvalue weighted by Crippen LogP contribution is -2.70. The minimum Gasteiger partial charge on any atom is -0.458 e. The molecule has 1 aliphatic heterocycles. The van der Waals surface area contributed by atoms with Crippen LogP contribution in [0.25, 0.3) is 0 Å². The molecule has 0 bridgehead atoms. The quantitative estimate of drug-likeness (QED) is 0.341. The number of alkyl halides is 1. The van der Waals surface area contributed by atoms with Crippen LogP contribution in [0.2, 0.25) is 0 Å². The molecule has 242 valence electrons. The van der Waals surface area contributed by atoms with E-state index in [0.717, 1.165) is 5.56 Å². The number of aliphatic hydroxyl groups is 1. The second-order valence-electron chi connectivity index (χ2n) is 14.2. The molecule has 3 saturated carbocycles. The normalized spacial score (nSPS) is 39.2. The van der Waals surface area contributed by atoms with Gasteiger partial charge >= 0.3 is 11.9 Å². The number of aryl methyl sites for hydroxylation is 1. The van der Waals surface area contributed by atoms with E-state index in [2.05, 4.69) is 0 Å². The van der Waals surface area contributed by atoms with Gasteiger partial charge in [0.15, 0.2) is 29.4 Å². The first-order valence-corrected chi connectivity index (χ1v) is 15.7. The van der Waals surface area contributed by atoms with Crippen LogP contribution in [0.15, 0.2) is 48.1 Å². The molecule has 5 aliphatic rings. The monoisotopic (exact) mass is 624 g/mol. The van der Waals surface area contributed by atoms with Crippen molar-refractivity contribution in [1.82, 2.24) is 0 Å². The molecular weight excluding hydrogens is 583 g/mol. The number of rotatable bonds is 7. The largest absolute Gasteiger partial charge is 0.458 e. The third-order valence-corrected chi connectivity index (χ3v) is 11.2. The number of ketones is 2. The second kappa shape index (κ2) is 10.7. The Bertz CT molecular complexity index is 1510. The van der Waals surface area contributed by atoms with Gasteiger partial charge in [-0.2, -0.15) is 0 Å². The van der Waals surface area contributed by atoms with E-state index >= 15 is 4.39 Å². The van der Waals surface area contributed by atoms with Gasteiger partial charge in [0, 0.05) is 16.7 Å². The number of esters is 2. The van der Waals surface area contributed by atoms with Gasteiger partial charge in [-0.15, -0.1) is 0 Å². The van der Waals surface area contributed by atoms with E-state index in [4.69, 9.17) is 18.9 Å². The standard InChI is InChI=1S/C35H41FO9/c1-20-7-6-8-23(15-20)43-30(41)12-11-29(40)42-19-27(39)35-28(44-31(2,3)45-35)17-25-24-10-9-21-16-22(37)13-14-32(21,4)34(24,36)26(38)18-33(25,35)5/h6-8,13-16,24-26,28,38H,9-12,17-19H2,1-5H3/t24?,25-,26-,28+,32-,33?,34-,35+/m0/s1. The van der Waals surface area contributed by atoms with E-state index in [1.807, 2.05) is 19.9 Å². The van der Waals surface area contributed by atoms with Crippen molar-refractivity contribution in [2.24, 2.45) is 22.7 Å². The minimum absolute atomic E-state index is 0.0875. The van der Waals surface area contributed by atoms with Gasteiger partial charge in [0.1, 0.15) is 5.75 Å². The van der Waals surface area contributed by atoms with Gasteiger partial charge in [-0.3, -0.25) is 19.2 Å². The summed E-state index contributed by atoms with van der Waals surface area (Å²) in [6.07, 6.45) is 2.83. The van der Waals surface area contributed by atoms with Gasteiger partial charge in [-0.25, -0.2) is 4.39 Å². The Morgan fingerprint density at radius 3 is 2.56 bits per heavy atom. The Kier molecular flexibility index (Phi) is 7.53. The van der Waals surface area contributed by atoms with Crippen LogP contribution in [-0.4, -0.2) is 64.5 Å². The lowest BCUT2D eigenvalue weighted by atomic mass is 9.44. The number of ether oxygens (including phenoxy) is 4. The van der Waals surface area contributed by atoms with Crippen LogP contribution in [0, 0.1) is 29.6 Å². The molecule has 6 rings (SSSR count). The number of carbonyl (C=O) groups excluding carboxylic acids is 4. The fraction of sp³-hybridized carbons (Fsp3) is 0.600. The summed E-state index contributed by atoms with van der Waals surface area (Å²) in [6.45, 7) is 8.23. The third kappa shape index (κ3) is 4.74. The molecule has 1 aromatic rings. The molecule has 1 saturated heterocycles. The number of halogens is 1. The summed E-state index contributed by atoms with van der Waals surface area (Å²) in [6, 6.07) is 6.97. The SMILES string of the molecule is Cc1cccc(OC(=O)CCC(=O)OCC(=O)[C@@]23OC(C)(C)O[C@@H]2C[C@H]2C4CCC5=CC(=O)C=C[C@]5(C)[C@@]4(F)[C@@H](O)CC23C)c1. The number of allylic oxidation sites excluding steroid dienone is 4. The van der Waals surface area contributed by atoms with E-state index in [1.165, 1.54) is 12.2 Å². The van der Waals surface area contributed by atoms with Gasteiger partial charge in [0.2, 0.25) is 5.78 Å². The lowest BCUT2D eigenvalue weighted by molar-refractivity contribution is -0.246. The highest BCUT2D eigenvalue weighted by Gasteiger charge is 2.80. The number of Topliss-reactive ketones (excluding diaryl/α,β-unsaturated/α-hetero) is 1. The van der Waals surface area contributed by atoms with Gasteiger partial charge in [-0.1, -0.05) is 30.7 Å². The number of hydrogen-bond acceptors (Lipinski definition) is 9. The fourth-order valence-electron chi connectivity index (χ4n) is 9.20. The first-order valence-electron chi connectivity index (χ1n) is 15.7. The maximum atomic E-state index is 17.6. The molecule has 0 spiro atoms. The maximum Gasteiger partial charge on any atom is 0.311 e. The summed E-state index contributed by atoms with van der Waals surface area (Å²) < 4.78 is 40.9. The first kappa shape index (κ1) is 31.8. The fourth-order valence-corrected chi connectivity index (χ4v) is 9.20. The molecule has 45 heavy (non-hydrogen) atoms. The summed E-state index contributed by atoms with van der Waals surface area (Å²) in [7, 11) is 0. The molecule has 1 heterocycles. The van der Waals surface area contributed by atoms with Crippen molar-refractivity contribution in [3.8, 4) is 5.75 Å². The summed E-state index contributed by atoms with van der Waals surface area (Å²) in [5.41, 5.74) is -4.29. The van der Waals surface area contributed by atoms with Crippen molar-refractivity contribution in [1.29, 1.82) is 0 Å². The van der Waals surface area contributed by atoms with E-state index in [9.17, 15) is 24.3 Å². The molecule has 2 unspecified atom stereocenters. The number of carbonyl (C=O) groups is 4. The number of hydrogen-bond donors (Lipinski definition) is 1. The van der Waals surface area contributed by atoms with Crippen LogP contribution < -0.4 is 4.74 Å². The molecule has 1 N–H and O–H groups in total. The Morgan fingerprint density at radius 2 is 1.82 bits per heavy atom. The Labute approximate surface area is 262 Å². The van der Waals surface area contributed by atoms with Gasteiger partial charge in [0.05, 0.1) is 25.0 Å². The highest BCUT2D eigenvalue weighted by atomic mass is 19.1. The molecule has 4 fully saturated rings. The van der Waals surface area contributed by atoms with E-state index < -0.39 is 76.3 Å². The third-order valence-electron chi connectivity index (χ3n) is 11.2. The van der Waals surface area contributed by atoms with Crippen LogP contribution in [-0.2, 0) is 33.4 Å². The summed E-state index contributed by atoms with van der Waals surface area (Å²) in [5.74, 6) is -3.88. The van der Waals surface area contributed by atoms with Crippen LogP contribution in [0.1, 0.15) is 71.8 Å². The van der Waals surface area contributed by atoms with Gasteiger partial charge in [-0.05, 0) is 89.1 Å². The zero-order chi connectivity index (χ0) is 32.6. The van der Waals surface area contributed by atoms with Gasteiger partial charge < -0.3 is 24.1 Å². The predicted molar refractivity (Wildman–Crippen MR) is 159 cm³/mol. The molecule has 8 atom stereocenters. The second-order valence-corrected chi connectivity index (χ2v) is 14.2. The number of benzene rings is 1. The number of fused-ring (bicyclic) bond motifs is 7. The molecule has 9 nitrogen and oxygen atoms in total. The Hall–Kier alpha value is -3.21. The van der Waals surface area contributed by atoms with Crippen molar-refractivity contribution in [3.05, 3.63) is 53.6 Å². The summed E-state index contributed by atoms with van der Waals surface area (Å²) in [4.78, 5) is 51.3. The van der Waals surface area contributed by atoms with Crippen molar-refractivity contribution < 1.29 is 47.6 Å².